The Labute approximate surface area is 372 Å². The molecule has 2 aliphatic rings. The minimum Gasteiger partial charge on any atom is -0.310 e. The van der Waals surface area contributed by atoms with Crippen LogP contribution in [0, 0.1) is 0 Å². The van der Waals surface area contributed by atoms with Crippen molar-refractivity contribution in [3.05, 3.63) is 241 Å². The minimum atomic E-state index is -0.552. The topological polar surface area (TPSA) is 8.17 Å². The smallest absolute Gasteiger partial charge is 0.0736 e. The molecule has 294 valence electrons. The third-order valence-corrected chi connectivity index (χ3v) is 15.9. The second-order valence-electron chi connectivity index (χ2n) is 16.8. The summed E-state index contributed by atoms with van der Waals surface area (Å²) in [6, 6.07) is 81.8. The Morgan fingerprint density at radius 3 is 1.81 bits per heavy atom. The van der Waals surface area contributed by atoms with Gasteiger partial charge in [-0.25, -0.2) is 0 Å². The highest BCUT2D eigenvalue weighted by molar-refractivity contribution is 7.99. The molecule has 0 N–H and O–H groups in total. The van der Waals surface area contributed by atoms with Gasteiger partial charge in [0.15, 0.2) is 0 Å². The van der Waals surface area contributed by atoms with Crippen molar-refractivity contribution in [2.24, 2.45) is 0 Å². The largest absolute Gasteiger partial charge is 0.310 e. The quantitative estimate of drug-likeness (QED) is 0.174. The van der Waals surface area contributed by atoms with Crippen LogP contribution in [0.3, 0.4) is 0 Å². The molecule has 12 aromatic rings. The van der Waals surface area contributed by atoms with Crippen LogP contribution in [0.15, 0.2) is 228 Å². The van der Waals surface area contributed by atoms with Crippen LogP contribution in [-0.2, 0) is 5.41 Å². The summed E-state index contributed by atoms with van der Waals surface area (Å²) in [5, 5.41) is 7.64. The van der Waals surface area contributed by atoms with Crippen molar-refractivity contribution in [1.29, 1.82) is 0 Å². The number of hydrogen-bond donors (Lipinski definition) is 0. The van der Waals surface area contributed by atoms with Crippen molar-refractivity contribution < 1.29 is 0 Å². The van der Waals surface area contributed by atoms with Crippen molar-refractivity contribution in [2.45, 2.75) is 15.2 Å². The first-order valence-electron chi connectivity index (χ1n) is 21.6. The van der Waals surface area contributed by atoms with E-state index in [9.17, 15) is 0 Å². The zero-order chi connectivity index (χ0) is 41.2. The van der Waals surface area contributed by atoms with E-state index in [0.29, 0.717) is 0 Å². The van der Waals surface area contributed by atoms with Gasteiger partial charge in [0, 0.05) is 63.5 Å². The van der Waals surface area contributed by atoms with Gasteiger partial charge >= 0.3 is 0 Å². The molecule has 0 atom stereocenters. The Morgan fingerprint density at radius 2 is 0.984 bits per heavy atom. The molecule has 0 bridgehead atoms. The Bertz CT molecular complexity index is 3810. The summed E-state index contributed by atoms with van der Waals surface area (Å²) in [6.07, 6.45) is 0. The van der Waals surface area contributed by atoms with Gasteiger partial charge in [-0.1, -0.05) is 145 Å². The fourth-order valence-electron chi connectivity index (χ4n) is 11.1. The molecule has 4 heteroatoms. The third-order valence-electron chi connectivity index (χ3n) is 13.6. The fourth-order valence-corrected chi connectivity index (χ4v) is 13.3. The highest BCUT2D eigenvalue weighted by atomic mass is 32.2. The lowest BCUT2D eigenvalue weighted by Crippen LogP contribution is -2.36. The van der Waals surface area contributed by atoms with Crippen LogP contribution in [0.4, 0.5) is 17.1 Å². The average molecular weight is 837 g/mol. The average Bonchev–Trinajstić information content (AvgIpc) is 3.88. The number of fused-ring (bicyclic) bond motifs is 14. The van der Waals surface area contributed by atoms with Gasteiger partial charge in [-0.3, -0.25) is 0 Å². The van der Waals surface area contributed by atoms with Gasteiger partial charge in [-0.05, 0) is 129 Å². The zero-order valence-electron chi connectivity index (χ0n) is 34.0. The summed E-state index contributed by atoms with van der Waals surface area (Å²) in [7, 11) is 0. The second-order valence-corrected chi connectivity index (χ2v) is 19.0. The first kappa shape index (κ1) is 35.2. The number of thiophene rings is 1. The summed E-state index contributed by atoms with van der Waals surface area (Å²) < 4.78 is 5.00. The van der Waals surface area contributed by atoms with Crippen LogP contribution in [0.1, 0.15) is 22.3 Å². The lowest BCUT2D eigenvalue weighted by atomic mass is 9.59. The van der Waals surface area contributed by atoms with Crippen molar-refractivity contribution in [3.8, 4) is 16.8 Å². The molecule has 0 unspecified atom stereocenters. The maximum Gasteiger partial charge on any atom is 0.0736 e. The van der Waals surface area contributed by atoms with Gasteiger partial charge in [-0.2, -0.15) is 0 Å². The lowest BCUT2D eigenvalue weighted by Gasteiger charge is -2.46. The van der Waals surface area contributed by atoms with Crippen LogP contribution < -0.4 is 4.90 Å². The van der Waals surface area contributed by atoms with E-state index in [2.05, 4.69) is 228 Å². The molecule has 1 spiro atoms. The summed E-state index contributed by atoms with van der Waals surface area (Å²) in [4.78, 5) is 5.11. The van der Waals surface area contributed by atoms with E-state index >= 15 is 0 Å². The highest BCUT2D eigenvalue weighted by Gasteiger charge is 2.48. The molecule has 0 amide bonds. The maximum atomic E-state index is 2.53. The third kappa shape index (κ3) is 4.91. The molecule has 0 fully saturated rings. The van der Waals surface area contributed by atoms with Crippen LogP contribution in [-0.4, -0.2) is 4.57 Å². The van der Waals surface area contributed by atoms with Crippen LogP contribution >= 0.6 is 23.1 Å². The van der Waals surface area contributed by atoms with Crippen LogP contribution in [0.2, 0.25) is 0 Å². The number of benzene rings is 10. The Kier molecular flexibility index (Phi) is 7.45. The predicted octanol–water partition coefficient (Wildman–Crippen LogP) is 16.6. The van der Waals surface area contributed by atoms with E-state index in [-0.39, 0.29) is 0 Å². The molecular formula is C59H36N2S2. The maximum absolute atomic E-state index is 2.53. The SMILES string of the molecule is c1ccc(-n2c3ccccc3c3cc(N(c4ccc5c(c4)C4(c6ccccc6Sc6ccccc64)c4cccc6cccc-5c46)c4ccc5sc6ccccc6c5c4)ccc32)cc1. The van der Waals surface area contributed by atoms with Gasteiger partial charge in [0.25, 0.3) is 0 Å². The van der Waals surface area contributed by atoms with E-state index in [1.807, 2.05) is 23.1 Å². The molecule has 1 aliphatic carbocycles. The van der Waals surface area contributed by atoms with Crippen molar-refractivity contribution in [3.63, 3.8) is 0 Å². The number of aromatic nitrogens is 1. The van der Waals surface area contributed by atoms with Crippen LogP contribution in [0.25, 0.3) is 69.6 Å². The molecule has 63 heavy (non-hydrogen) atoms. The predicted molar refractivity (Wildman–Crippen MR) is 267 cm³/mol. The van der Waals surface area contributed by atoms with Gasteiger partial charge in [-0.15, -0.1) is 11.3 Å². The Balaban J connectivity index is 1.09. The molecule has 0 saturated carbocycles. The molecule has 14 rings (SSSR count). The lowest BCUT2D eigenvalue weighted by molar-refractivity contribution is 0.707. The molecule has 10 aromatic carbocycles. The van der Waals surface area contributed by atoms with E-state index < -0.39 is 5.41 Å². The summed E-state index contributed by atoms with van der Waals surface area (Å²) >= 11 is 3.76. The van der Waals surface area contributed by atoms with Gasteiger partial charge in [0.2, 0.25) is 0 Å². The Morgan fingerprint density at radius 1 is 0.381 bits per heavy atom. The fraction of sp³-hybridized carbons (Fsp3) is 0.0169. The molecule has 0 saturated heterocycles. The number of anilines is 3. The van der Waals surface area contributed by atoms with Crippen LogP contribution in [0.5, 0.6) is 0 Å². The zero-order valence-corrected chi connectivity index (χ0v) is 35.6. The minimum absolute atomic E-state index is 0.552. The van der Waals surface area contributed by atoms with Gasteiger partial charge in [0.05, 0.1) is 16.4 Å². The van der Waals surface area contributed by atoms with Crippen molar-refractivity contribution in [2.75, 3.05) is 4.90 Å². The van der Waals surface area contributed by atoms with E-state index in [4.69, 9.17) is 0 Å². The Hall–Kier alpha value is -7.37. The number of para-hydroxylation sites is 2. The summed E-state index contributed by atoms with van der Waals surface area (Å²) in [5.74, 6) is 0. The highest BCUT2D eigenvalue weighted by Crippen LogP contribution is 2.62. The summed E-state index contributed by atoms with van der Waals surface area (Å²) in [5.41, 5.74) is 14.2. The molecule has 0 radical (unpaired) electrons. The number of hydrogen-bond acceptors (Lipinski definition) is 3. The normalized spacial score (nSPS) is 13.5. The molecule has 2 aromatic heterocycles. The molecular weight excluding hydrogens is 801 g/mol. The first-order chi connectivity index (χ1) is 31.2. The van der Waals surface area contributed by atoms with E-state index in [1.54, 1.807) is 0 Å². The standard InChI is InChI=1S/C59H36N2S2/c1-2-16-38(17-3-1)61-52-24-8-4-18-43(52)46-34-39(29-32-53(46)61)60(40-30-33-55-47(35-40)44-19-5-9-25-54(44)62-55)41-28-31-42-45-20-12-14-37-15-13-23-50(58(37)45)59(51(42)36-41)48-21-6-10-26-56(48)63-57-27-11-7-22-49(57)59/h1-36H. The summed E-state index contributed by atoms with van der Waals surface area (Å²) in [6.45, 7) is 0. The molecule has 3 heterocycles. The van der Waals surface area contributed by atoms with Crippen molar-refractivity contribution in [1.82, 2.24) is 4.57 Å². The monoisotopic (exact) mass is 836 g/mol. The van der Waals surface area contributed by atoms with Crippen molar-refractivity contribution >= 4 is 92.9 Å². The number of rotatable bonds is 4. The first-order valence-corrected chi connectivity index (χ1v) is 23.2. The second kappa shape index (κ2) is 13.3. The van der Waals surface area contributed by atoms with Gasteiger partial charge < -0.3 is 9.47 Å². The van der Waals surface area contributed by atoms with Gasteiger partial charge in [0.1, 0.15) is 0 Å². The molecule has 2 nitrogen and oxygen atoms in total. The van der Waals surface area contributed by atoms with E-state index in [1.165, 1.54) is 95.9 Å². The van der Waals surface area contributed by atoms with E-state index in [0.717, 1.165) is 22.7 Å². The molecule has 1 aliphatic heterocycles. The number of nitrogens with zero attached hydrogens (tertiary/aromatic N) is 2.